The van der Waals surface area contributed by atoms with E-state index in [1.807, 2.05) is 0 Å². The minimum atomic E-state index is 0.425. The molecule has 1 atom stereocenters. The predicted octanol–water partition coefficient (Wildman–Crippen LogP) is 3.08. The molecule has 0 aliphatic carbocycles. The second-order valence-electron chi connectivity index (χ2n) is 4.42. The Bertz CT molecular complexity index is 299. The van der Waals surface area contributed by atoms with Crippen LogP contribution < -0.4 is 4.90 Å². The van der Waals surface area contributed by atoms with Crippen LogP contribution in [0.4, 0.5) is 5.69 Å². The fraction of sp³-hybridized carbons (Fsp3) is 0.571. The molecule has 1 fully saturated rings. The van der Waals surface area contributed by atoms with Crippen LogP contribution in [0.15, 0.2) is 30.3 Å². The van der Waals surface area contributed by atoms with Crippen LogP contribution in [0.25, 0.3) is 0 Å². The first-order valence-corrected chi connectivity index (χ1v) is 6.31. The summed E-state index contributed by atoms with van der Waals surface area (Å²) >= 11 is 0. The highest BCUT2D eigenvalue weighted by molar-refractivity contribution is 5.46. The van der Waals surface area contributed by atoms with Crippen LogP contribution in [0.5, 0.6) is 0 Å². The van der Waals surface area contributed by atoms with Crippen LogP contribution in [0.3, 0.4) is 0 Å². The van der Waals surface area contributed by atoms with E-state index in [0.29, 0.717) is 6.10 Å². The van der Waals surface area contributed by atoms with Gasteiger partial charge in [-0.05, 0) is 18.6 Å². The van der Waals surface area contributed by atoms with Crippen molar-refractivity contribution in [3.05, 3.63) is 30.3 Å². The minimum absolute atomic E-state index is 0.425. The number of unbranched alkanes of at least 4 members (excludes halogenated alkanes) is 1. The van der Waals surface area contributed by atoms with E-state index in [-0.39, 0.29) is 0 Å². The first-order chi connectivity index (χ1) is 7.90. The quantitative estimate of drug-likeness (QED) is 0.771. The van der Waals surface area contributed by atoms with Gasteiger partial charge in [0.1, 0.15) is 0 Å². The maximum Gasteiger partial charge on any atom is 0.0750 e. The molecule has 2 rings (SSSR count). The molecule has 2 nitrogen and oxygen atoms in total. The lowest BCUT2D eigenvalue weighted by atomic mass is 10.1. The summed E-state index contributed by atoms with van der Waals surface area (Å²) in [5.41, 5.74) is 1.33. The van der Waals surface area contributed by atoms with Gasteiger partial charge in [0.15, 0.2) is 0 Å². The maximum absolute atomic E-state index is 5.79. The Balaban J connectivity index is 1.91. The molecular weight excluding hydrogens is 198 g/mol. The fourth-order valence-corrected chi connectivity index (χ4v) is 2.20. The van der Waals surface area contributed by atoms with Crippen molar-refractivity contribution in [2.45, 2.75) is 32.3 Å². The van der Waals surface area contributed by atoms with E-state index in [0.717, 1.165) is 19.7 Å². The highest BCUT2D eigenvalue weighted by atomic mass is 16.5. The summed E-state index contributed by atoms with van der Waals surface area (Å²) in [5, 5.41) is 0. The lowest BCUT2D eigenvalue weighted by Crippen LogP contribution is -2.42. The second-order valence-corrected chi connectivity index (χ2v) is 4.42. The number of nitrogens with zero attached hydrogens (tertiary/aromatic N) is 1. The predicted molar refractivity (Wildman–Crippen MR) is 67.9 cm³/mol. The van der Waals surface area contributed by atoms with E-state index in [1.165, 1.54) is 24.9 Å². The Labute approximate surface area is 98.2 Å². The Kier molecular flexibility index (Phi) is 4.23. The van der Waals surface area contributed by atoms with E-state index in [1.54, 1.807) is 0 Å². The molecule has 1 aliphatic rings. The molecule has 0 bridgehead atoms. The van der Waals surface area contributed by atoms with Crippen LogP contribution >= 0.6 is 0 Å². The molecule has 1 aliphatic heterocycles. The van der Waals surface area contributed by atoms with Crippen molar-refractivity contribution in [3.63, 3.8) is 0 Å². The Morgan fingerprint density at radius 3 is 2.88 bits per heavy atom. The monoisotopic (exact) mass is 219 g/mol. The van der Waals surface area contributed by atoms with Crippen molar-refractivity contribution in [1.82, 2.24) is 0 Å². The average molecular weight is 219 g/mol. The Morgan fingerprint density at radius 1 is 1.31 bits per heavy atom. The number of hydrogen-bond acceptors (Lipinski definition) is 2. The molecule has 0 aromatic heterocycles. The Hall–Kier alpha value is -1.02. The zero-order chi connectivity index (χ0) is 11.2. The zero-order valence-corrected chi connectivity index (χ0v) is 10.1. The van der Waals surface area contributed by atoms with Crippen LogP contribution in [0, 0.1) is 0 Å². The summed E-state index contributed by atoms with van der Waals surface area (Å²) in [5.74, 6) is 0. The molecule has 0 spiro atoms. The van der Waals surface area contributed by atoms with Gasteiger partial charge in [-0.25, -0.2) is 0 Å². The third-order valence-electron chi connectivity index (χ3n) is 3.14. The van der Waals surface area contributed by atoms with Gasteiger partial charge in [-0.1, -0.05) is 38.0 Å². The number of para-hydroxylation sites is 1. The number of anilines is 1. The van der Waals surface area contributed by atoms with E-state index < -0.39 is 0 Å². The number of benzene rings is 1. The van der Waals surface area contributed by atoms with Crippen LogP contribution in [-0.2, 0) is 4.74 Å². The summed E-state index contributed by atoms with van der Waals surface area (Å²) < 4.78 is 5.79. The lowest BCUT2D eigenvalue weighted by Gasteiger charge is -2.34. The normalized spacial score (nSPS) is 21.1. The van der Waals surface area contributed by atoms with Crippen molar-refractivity contribution >= 4 is 5.69 Å². The first kappa shape index (κ1) is 11.5. The number of ether oxygens (including phenoxy) is 1. The van der Waals surface area contributed by atoms with Gasteiger partial charge < -0.3 is 9.64 Å². The summed E-state index contributed by atoms with van der Waals surface area (Å²) in [7, 11) is 0. The molecule has 0 N–H and O–H groups in total. The van der Waals surface area contributed by atoms with Crippen LogP contribution in [0.1, 0.15) is 26.2 Å². The number of rotatable bonds is 4. The standard InChI is InChI=1S/C14H21NO/c1-2-3-9-14-12-15(10-11-16-14)13-7-5-4-6-8-13/h4-8,14H,2-3,9-12H2,1H3. The Morgan fingerprint density at radius 2 is 2.12 bits per heavy atom. The summed E-state index contributed by atoms with van der Waals surface area (Å²) in [6.45, 7) is 5.16. The molecule has 16 heavy (non-hydrogen) atoms. The third-order valence-corrected chi connectivity index (χ3v) is 3.14. The molecule has 1 unspecified atom stereocenters. The van der Waals surface area contributed by atoms with Gasteiger partial charge in [0, 0.05) is 18.8 Å². The molecular formula is C14H21NO. The van der Waals surface area contributed by atoms with E-state index in [9.17, 15) is 0 Å². The molecule has 0 radical (unpaired) electrons. The van der Waals surface area contributed by atoms with Crippen molar-refractivity contribution < 1.29 is 4.74 Å². The average Bonchev–Trinajstić information content (AvgIpc) is 2.38. The van der Waals surface area contributed by atoms with Gasteiger partial charge in [0.2, 0.25) is 0 Å². The number of hydrogen-bond donors (Lipinski definition) is 0. The first-order valence-electron chi connectivity index (χ1n) is 6.31. The lowest BCUT2D eigenvalue weighted by molar-refractivity contribution is 0.0339. The van der Waals surface area contributed by atoms with E-state index in [2.05, 4.69) is 42.2 Å². The molecule has 0 saturated carbocycles. The highest BCUT2D eigenvalue weighted by Crippen LogP contribution is 2.19. The summed E-state index contributed by atoms with van der Waals surface area (Å²) in [6, 6.07) is 10.6. The van der Waals surface area contributed by atoms with E-state index in [4.69, 9.17) is 4.74 Å². The molecule has 0 amide bonds. The topological polar surface area (TPSA) is 12.5 Å². The molecule has 1 aromatic rings. The molecule has 2 heteroatoms. The molecule has 88 valence electrons. The number of morpholine rings is 1. The second kappa shape index (κ2) is 5.90. The van der Waals surface area contributed by atoms with Gasteiger partial charge in [0.25, 0.3) is 0 Å². The summed E-state index contributed by atoms with van der Waals surface area (Å²) in [4.78, 5) is 2.43. The van der Waals surface area contributed by atoms with Gasteiger partial charge in [-0.2, -0.15) is 0 Å². The van der Waals surface area contributed by atoms with Crippen molar-refractivity contribution in [2.75, 3.05) is 24.6 Å². The minimum Gasteiger partial charge on any atom is -0.375 e. The SMILES string of the molecule is CCCCC1CN(c2ccccc2)CCO1. The van der Waals surface area contributed by atoms with Crippen molar-refractivity contribution in [2.24, 2.45) is 0 Å². The molecule has 1 heterocycles. The van der Waals surface area contributed by atoms with E-state index >= 15 is 0 Å². The van der Waals surface area contributed by atoms with Crippen LogP contribution in [-0.4, -0.2) is 25.8 Å². The maximum atomic E-state index is 5.79. The van der Waals surface area contributed by atoms with Crippen LogP contribution in [0.2, 0.25) is 0 Å². The van der Waals surface area contributed by atoms with Gasteiger partial charge in [0.05, 0.1) is 12.7 Å². The molecule has 1 aromatic carbocycles. The van der Waals surface area contributed by atoms with Gasteiger partial charge >= 0.3 is 0 Å². The summed E-state index contributed by atoms with van der Waals surface area (Å²) in [6.07, 6.45) is 4.15. The highest BCUT2D eigenvalue weighted by Gasteiger charge is 2.19. The van der Waals surface area contributed by atoms with Gasteiger partial charge in [-0.3, -0.25) is 0 Å². The smallest absolute Gasteiger partial charge is 0.0750 e. The van der Waals surface area contributed by atoms with Crippen molar-refractivity contribution in [1.29, 1.82) is 0 Å². The molecule has 1 saturated heterocycles. The van der Waals surface area contributed by atoms with Gasteiger partial charge in [-0.15, -0.1) is 0 Å². The largest absolute Gasteiger partial charge is 0.375 e. The van der Waals surface area contributed by atoms with Crippen molar-refractivity contribution in [3.8, 4) is 0 Å². The zero-order valence-electron chi connectivity index (χ0n) is 10.1. The third kappa shape index (κ3) is 2.99. The fourth-order valence-electron chi connectivity index (χ4n) is 2.20.